The van der Waals surface area contributed by atoms with Crippen molar-refractivity contribution < 1.29 is 19.0 Å². The van der Waals surface area contributed by atoms with Crippen molar-refractivity contribution in [1.82, 2.24) is 5.32 Å². The van der Waals surface area contributed by atoms with Crippen LogP contribution in [0.15, 0.2) is 36.9 Å². The number of nitrogens with one attached hydrogen (secondary N) is 1. The standard InChI is InChI=1S/C16H21NO4/c1-4-10-21-14-7-5-13(12-15(14)20-3)6-8-16(18)17-9-11-19-2/h4-8,12H,1,9-11H2,2-3H3,(H,17,18)/b8-6+. The van der Waals surface area contributed by atoms with Gasteiger partial charge in [-0.15, -0.1) is 0 Å². The molecule has 0 saturated carbocycles. The monoisotopic (exact) mass is 291 g/mol. The first-order valence-electron chi connectivity index (χ1n) is 6.57. The Kier molecular flexibility index (Phi) is 7.68. The normalized spacial score (nSPS) is 10.4. The van der Waals surface area contributed by atoms with Gasteiger partial charge in [0.2, 0.25) is 5.91 Å². The molecule has 21 heavy (non-hydrogen) atoms. The van der Waals surface area contributed by atoms with Gasteiger partial charge in [0, 0.05) is 19.7 Å². The highest BCUT2D eigenvalue weighted by molar-refractivity contribution is 5.91. The molecular weight excluding hydrogens is 270 g/mol. The second kappa shape index (κ2) is 9.61. The summed E-state index contributed by atoms with van der Waals surface area (Å²) in [5, 5.41) is 2.70. The molecule has 0 fully saturated rings. The number of hydrogen-bond donors (Lipinski definition) is 1. The Morgan fingerprint density at radius 1 is 1.33 bits per heavy atom. The molecule has 5 nitrogen and oxygen atoms in total. The molecule has 0 aliphatic heterocycles. The molecule has 0 spiro atoms. The molecular formula is C16H21NO4. The van der Waals surface area contributed by atoms with Crippen LogP contribution in [0.5, 0.6) is 11.5 Å². The molecule has 0 aliphatic carbocycles. The molecule has 1 N–H and O–H groups in total. The Bertz CT molecular complexity index is 497. The van der Waals surface area contributed by atoms with Crippen LogP contribution in [-0.2, 0) is 9.53 Å². The quantitative estimate of drug-likeness (QED) is 0.430. The summed E-state index contributed by atoms with van der Waals surface area (Å²) >= 11 is 0. The molecule has 0 radical (unpaired) electrons. The fraction of sp³-hybridized carbons (Fsp3) is 0.312. The summed E-state index contributed by atoms with van der Waals surface area (Å²) in [6, 6.07) is 5.45. The lowest BCUT2D eigenvalue weighted by Crippen LogP contribution is -2.24. The second-order valence-electron chi connectivity index (χ2n) is 4.13. The Balaban J connectivity index is 2.66. The lowest BCUT2D eigenvalue weighted by molar-refractivity contribution is -0.116. The SMILES string of the molecule is C=CCOc1ccc(/C=C/C(=O)NCCOC)cc1OC. The first-order valence-corrected chi connectivity index (χ1v) is 6.57. The molecule has 1 aromatic rings. The van der Waals surface area contributed by atoms with E-state index in [1.165, 1.54) is 6.08 Å². The fourth-order valence-corrected chi connectivity index (χ4v) is 1.56. The minimum Gasteiger partial charge on any atom is -0.493 e. The van der Waals surface area contributed by atoms with E-state index in [-0.39, 0.29) is 5.91 Å². The van der Waals surface area contributed by atoms with Crippen molar-refractivity contribution in [2.45, 2.75) is 0 Å². The van der Waals surface area contributed by atoms with Gasteiger partial charge in [-0.1, -0.05) is 18.7 Å². The zero-order valence-electron chi connectivity index (χ0n) is 12.4. The third kappa shape index (κ3) is 6.14. The maximum absolute atomic E-state index is 11.5. The third-order valence-electron chi connectivity index (χ3n) is 2.58. The minimum absolute atomic E-state index is 0.169. The molecule has 0 atom stereocenters. The molecule has 0 aromatic heterocycles. The molecule has 0 heterocycles. The Hall–Kier alpha value is -2.27. The lowest BCUT2D eigenvalue weighted by atomic mass is 10.2. The van der Waals surface area contributed by atoms with E-state index in [4.69, 9.17) is 14.2 Å². The summed E-state index contributed by atoms with van der Waals surface area (Å²) in [7, 11) is 3.16. The number of carbonyl (C=O) groups is 1. The number of rotatable bonds is 9. The predicted octanol–water partition coefficient (Wildman–Crippen LogP) is 2.04. The van der Waals surface area contributed by atoms with Crippen LogP contribution < -0.4 is 14.8 Å². The van der Waals surface area contributed by atoms with Crippen molar-refractivity contribution in [3.05, 3.63) is 42.5 Å². The molecule has 0 aliphatic rings. The maximum Gasteiger partial charge on any atom is 0.244 e. The van der Waals surface area contributed by atoms with Gasteiger partial charge in [0.1, 0.15) is 6.61 Å². The average molecular weight is 291 g/mol. The molecule has 5 heteroatoms. The Morgan fingerprint density at radius 3 is 2.81 bits per heavy atom. The van der Waals surface area contributed by atoms with E-state index in [1.54, 1.807) is 38.5 Å². The largest absolute Gasteiger partial charge is 0.493 e. The highest BCUT2D eigenvalue weighted by Gasteiger charge is 2.04. The van der Waals surface area contributed by atoms with Crippen molar-refractivity contribution in [3.8, 4) is 11.5 Å². The molecule has 1 rings (SSSR count). The van der Waals surface area contributed by atoms with Crippen LogP contribution in [0, 0.1) is 0 Å². The number of carbonyl (C=O) groups excluding carboxylic acids is 1. The Morgan fingerprint density at radius 2 is 2.14 bits per heavy atom. The van der Waals surface area contributed by atoms with Gasteiger partial charge in [0.15, 0.2) is 11.5 Å². The predicted molar refractivity (Wildman–Crippen MR) is 82.6 cm³/mol. The topological polar surface area (TPSA) is 56.8 Å². The van der Waals surface area contributed by atoms with Crippen LogP contribution in [0.4, 0.5) is 0 Å². The van der Waals surface area contributed by atoms with Crippen molar-refractivity contribution >= 4 is 12.0 Å². The summed E-state index contributed by atoms with van der Waals surface area (Å²) < 4.78 is 15.6. The van der Waals surface area contributed by atoms with Crippen LogP contribution in [0.3, 0.4) is 0 Å². The van der Waals surface area contributed by atoms with Crippen LogP contribution in [-0.4, -0.2) is 39.9 Å². The van der Waals surface area contributed by atoms with E-state index in [0.29, 0.717) is 31.3 Å². The van der Waals surface area contributed by atoms with Gasteiger partial charge in [-0.3, -0.25) is 4.79 Å². The van der Waals surface area contributed by atoms with E-state index in [1.807, 2.05) is 6.07 Å². The number of hydrogen-bond acceptors (Lipinski definition) is 4. The smallest absolute Gasteiger partial charge is 0.244 e. The molecule has 0 bridgehead atoms. The lowest BCUT2D eigenvalue weighted by Gasteiger charge is -2.09. The van der Waals surface area contributed by atoms with Gasteiger partial charge < -0.3 is 19.5 Å². The number of benzene rings is 1. The van der Waals surface area contributed by atoms with Crippen LogP contribution in [0.25, 0.3) is 6.08 Å². The van der Waals surface area contributed by atoms with Gasteiger partial charge in [0.05, 0.1) is 13.7 Å². The summed E-state index contributed by atoms with van der Waals surface area (Å²) in [6.07, 6.45) is 4.84. The van der Waals surface area contributed by atoms with E-state index >= 15 is 0 Å². The maximum atomic E-state index is 11.5. The van der Waals surface area contributed by atoms with Gasteiger partial charge >= 0.3 is 0 Å². The van der Waals surface area contributed by atoms with Gasteiger partial charge in [-0.25, -0.2) is 0 Å². The van der Waals surface area contributed by atoms with E-state index in [9.17, 15) is 4.79 Å². The zero-order chi connectivity index (χ0) is 15.5. The number of amides is 1. The van der Waals surface area contributed by atoms with E-state index in [2.05, 4.69) is 11.9 Å². The van der Waals surface area contributed by atoms with Crippen molar-refractivity contribution in [1.29, 1.82) is 0 Å². The average Bonchev–Trinajstić information content (AvgIpc) is 2.51. The fourth-order valence-electron chi connectivity index (χ4n) is 1.56. The van der Waals surface area contributed by atoms with Crippen molar-refractivity contribution in [2.24, 2.45) is 0 Å². The first-order chi connectivity index (χ1) is 10.2. The summed E-state index contributed by atoms with van der Waals surface area (Å²) in [6.45, 7) is 4.98. The highest BCUT2D eigenvalue weighted by Crippen LogP contribution is 2.28. The van der Waals surface area contributed by atoms with Crippen molar-refractivity contribution in [3.63, 3.8) is 0 Å². The van der Waals surface area contributed by atoms with Gasteiger partial charge in [-0.05, 0) is 23.8 Å². The summed E-state index contributed by atoms with van der Waals surface area (Å²) in [5.74, 6) is 1.08. The molecule has 0 unspecified atom stereocenters. The minimum atomic E-state index is -0.169. The third-order valence-corrected chi connectivity index (χ3v) is 2.58. The van der Waals surface area contributed by atoms with Gasteiger partial charge in [-0.2, -0.15) is 0 Å². The molecule has 1 aromatic carbocycles. The summed E-state index contributed by atoms with van der Waals surface area (Å²) in [4.78, 5) is 11.5. The molecule has 1 amide bonds. The van der Waals surface area contributed by atoms with E-state index in [0.717, 1.165) is 5.56 Å². The second-order valence-corrected chi connectivity index (χ2v) is 4.13. The Labute approximate surface area is 125 Å². The van der Waals surface area contributed by atoms with Crippen LogP contribution in [0.2, 0.25) is 0 Å². The van der Waals surface area contributed by atoms with Gasteiger partial charge in [0.25, 0.3) is 0 Å². The van der Waals surface area contributed by atoms with E-state index < -0.39 is 0 Å². The first kappa shape index (κ1) is 16.8. The van der Waals surface area contributed by atoms with Crippen LogP contribution >= 0.6 is 0 Å². The number of methoxy groups -OCH3 is 2. The van der Waals surface area contributed by atoms with Crippen LogP contribution in [0.1, 0.15) is 5.56 Å². The number of ether oxygens (including phenoxy) is 3. The summed E-state index contributed by atoms with van der Waals surface area (Å²) in [5.41, 5.74) is 0.847. The highest BCUT2D eigenvalue weighted by atomic mass is 16.5. The molecule has 114 valence electrons. The zero-order valence-corrected chi connectivity index (χ0v) is 12.4. The van der Waals surface area contributed by atoms with Crippen molar-refractivity contribution in [2.75, 3.05) is 34.0 Å². The molecule has 0 saturated heterocycles.